The van der Waals surface area contributed by atoms with Gasteiger partial charge in [-0.1, -0.05) is 41.4 Å². The summed E-state index contributed by atoms with van der Waals surface area (Å²) >= 11 is 6.20. The lowest BCUT2D eigenvalue weighted by atomic mass is 10.2. The van der Waals surface area contributed by atoms with Gasteiger partial charge in [-0.25, -0.2) is 9.97 Å². The van der Waals surface area contributed by atoms with E-state index in [-0.39, 0.29) is 16.8 Å². The molecular weight excluding hydrogens is 410 g/mol. The van der Waals surface area contributed by atoms with E-state index in [2.05, 4.69) is 25.0 Å². The van der Waals surface area contributed by atoms with Gasteiger partial charge in [-0.05, 0) is 51.1 Å². The van der Waals surface area contributed by atoms with Crippen LogP contribution in [0.3, 0.4) is 0 Å². The topological polar surface area (TPSA) is 96.3 Å². The third-order valence-corrected chi connectivity index (χ3v) is 5.49. The second-order valence-corrected chi connectivity index (χ2v) is 8.44. The predicted octanol–water partition coefficient (Wildman–Crippen LogP) is 4.32. The SMILES string of the molecule is Cc1ccc(S(=O)(=O)/N=C(\Nc2nc(C)cc(C)n2)Nc2ccccc2Cl)cc1. The average Bonchev–Trinajstić information content (AvgIpc) is 2.63. The maximum atomic E-state index is 12.8. The number of benzene rings is 2. The Hall–Kier alpha value is -2.97. The van der Waals surface area contributed by atoms with Crippen LogP contribution in [-0.4, -0.2) is 24.3 Å². The smallest absolute Gasteiger partial charge is 0.285 e. The van der Waals surface area contributed by atoms with E-state index in [0.29, 0.717) is 10.7 Å². The number of sulfonamides is 1. The van der Waals surface area contributed by atoms with Gasteiger partial charge in [-0.3, -0.25) is 5.32 Å². The number of halogens is 1. The molecule has 0 aliphatic carbocycles. The molecule has 0 aliphatic heterocycles. The fourth-order valence-electron chi connectivity index (χ4n) is 2.54. The number of nitrogens with zero attached hydrogens (tertiary/aromatic N) is 3. The minimum Gasteiger partial charge on any atom is -0.324 e. The van der Waals surface area contributed by atoms with Gasteiger partial charge in [0.15, 0.2) is 0 Å². The molecule has 150 valence electrons. The molecule has 0 aliphatic rings. The fraction of sp³-hybridized carbons (Fsp3) is 0.150. The quantitative estimate of drug-likeness (QED) is 0.473. The molecule has 2 N–H and O–H groups in total. The minimum atomic E-state index is -3.99. The molecule has 0 unspecified atom stereocenters. The minimum absolute atomic E-state index is 0.0660. The van der Waals surface area contributed by atoms with Gasteiger partial charge in [0.1, 0.15) is 0 Å². The summed E-state index contributed by atoms with van der Waals surface area (Å²) in [6, 6.07) is 15.2. The summed E-state index contributed by atoms with van der Waals surface area (Å²) in [5, 5.41) is 6.19. The van der Waals surface area contributed by atoms with E-state index in [1.54, 1.807) is 36.4 Å². The molecule has 3 rings (SSSR count). The second kappa shape index (κ2) is 8.59. The Kier molecular flexibility index (Phi) is 6.14. The zero-order chi connectivity index (χ0) is 21.0. The summed E-state index contributed by atoms with van der Waals surface area (Å²) in [5.41, 5.74) is 2.91. The highest BCUT2D eigenvalue weighted by atomic mass is 35.5. The summed E-state index contributed by atoms with van der Waals surface area (Å²) < 4.78 is 29.6. The molecule has 0 saturated heterocycles. The first-order valence-corrected chi connectivity index (χ1v) is 10.6. The molecule has 29 heavy (non-hydrogen) atoms. The number of para-hydroxylation sites is 1. The Balaban J connectivity index is 2.02. The molecule has 0 amide bonds. The van der Waals surface area contributed by atoms with Gasteiger partial charge >= 0.3 is 0 Å². The van der Waals surface area contributed by atoms with E-state index in [0.717, 1.165) is 17.0 Å². The molecule has 0 fully saturated rings. The van der Waals surface area contributed by atoms with Gasteiger partial charge in [0.2, 0.25) is 11.9 Å². The van der Waals surface area contributed by atoms with E-state index >= 15 is 0 Å². The number of anilines is 2. The van der Waals surface area contributed by atoms with E-state index < -0.39 is 10.0 Å². The van der Waals surface area contributed by atoms with Crippen LogP contribution in [0.25, 0.3) is 0 Å². The van der Waals surface area contributed by atoms with E-state index in [4.69, 9.17) is 11.6 Å². The summed E-state index contributed by atoms with van der Waals surface area (Å²) in [4.78, 5) is 8.64. The van der Waals surface area contributed by atoms with Crippen molar-refractivity contribution in [3.63, 3.8) is 0 Å². The third-order valence-electron chi connectivity index (χ3n) is 3.87. The van der Waals surface area contributed by atoms with Crippen LogP contribution in [-0.2, 0) is 10.0 Å². The van der Waals surface area contributed by atoms with Crippen molar-refractivity contribution in [2.75, 3.05) is 10.6 Å². The number of hydrogen-bond acceptors (Lipinski definition) is 4. The average molecular weight is 430 g/mol. The molecule has 3 aromatic rings. The van der Waals surface area contributed by atoms with Crippen molar-refractivity contribution >= 4 is 39.2 Å². The zero-order valence-corrected chi connectivity index (χ0v) is 17.7. The van der Waals surface area contributed by atoms with Crippen molar-refractivity contribution in [2.45, 2.75) is 25.7 Å². The van der Waals surface area contributed by atoms with Gasteiger partial charge < -0.3 is 5.32 Å². The van der Waals surface area contributed by atoms with Crippen LogP contribution >= 0.6 is 11.6 Å². The number of rotatable bonds is 4. The highest BCUT2D eigenvalue weighted by Gasteiger charge is 2.16. The predicted molar refractivity (Wildman–Crippen MR) is 116 cm³/mol. The second-order valence-electron chi connectivity index (χ2n) is 6.43. The maximum Gasteiger partial charge on any atom is 0.285 e. The highest BCUT2D eigenvalue weighted by Crippen LogP contribution is 2.21. The van der Waals surface area contributed by atoms with Crippen molar-refractivity contribution in [3.05, 3.63) is 76.6 Å². The van der Waals surface area contributed by atoms with Crippen molar-refractivity contribution in [3.8, 4) is 0 Å². The fourth-order valence-corrected chi connectivity index (χ4v) is 3.64. The number of nitrogens with one attached hydrogen (secondary N) is 2. The van der Waals surface area contributed by atoms with Crippen LogP contribution in [0.2, 0.25) is 5.02 Å². The van der Waals surface area contributed by atoms with Gasteiger partial charge in [-0.15, -0.1) is 4.40 Å². The van der Waals surface area contributed by atoms with Crippen molar-refractivity contribution in [1.82, 2.24) is 9.97 Å². The van der Waals surface area contributed by atoms with Crippen molar-refractivity contribution in [1.29, 1.82) is 0 Å². The van der Waals surface area contributed by atoms with Crippen LogP contribution in [0.5, 0.6) is 0 Å². The molecule has 2 aromatic carbocycles. The van der Waals surface area contributed by atoms with Crippen LogP contribution in [0.4, 0.5) is 11.6 Å². The molecule has 9 heteroatoms. The highest BCUT2D eigenvalue weighted by molar-refractivity contribution is 7.90. The number of aryl methyl sites for hydroxylation is 3. The molecule has 0 radical (unpaired) electrons. The first kappa shape index (κ1) is 20.8. The Morgan fingerprint density at radius 3 is 2.17 bits per heavy atom. The van der Waals surface area contributed by atoms with Crippen molar-refractivity contribution < 1.29 is 8.42 Å². The molecule has 0 spiro atoms. The van der Waals surface area contributed by atoms with Gasteiger partial charge in [0, 0.05) is 11.4 Å². The first-order valence-electron chi connectivity index (χ1n) is 8.75. The number of guanidine groups is 1. The monoisotopic (exact) mass is 429 g/mol. The molecular formula is C20H20ClN5O2S. The maximum absolute atomic E-state index is 12.8. The summed E-state index contributed by atoms with van der Waals surface area (Å²) in [5.74, 6) is 0.156. The summed E-state index contributed by atoms with van der Waals surface area (Å²) in [7, 11) is -3.99. The van der Waals surface area contributed by atoms with E-state index in [9.17, 15) is 8.42 Å². The van der Waals surface area contributed by atoms with Crippen LogP contribution in [0.1, 0.15) is 17.0 Å². The van der Waals surface area contributed by atoms with Crippen LogP contribution < -0.4 is 10.6 Å². The lowest BCUT2D eigenvalue weighted by molar-refractivity contribution is 0.598. The van der Waals surface area contributed by atoms with Gasteiger partial charge in [0.05, 0.1) is 15.6 Å². The van der Waals surface area contributed by atoms with E-state index in [1.165, 1.54) is 12.1 Å². The van der Waals surface area contributed by atoms with E-state index in [1.807, 2.05) is 26.8 Å². The molecule has 0 atom stereocenters. The normalized spacial score (nSPS) is 11.9. The Morgan fingerprint density at radius 1 is 0.931 bits per heavy atom. The lowest BCUT2D eigenvalue weighted by Gasteiger charge is -2.13. The standard InChI is InChI=1S/C20H20ClN5O2S/c1-13-8-10-16(11-9-13)29(27,28)26-20(24-18-7-5-4-6-17(18)21)25-19-22-14(2)12-15(3)23-19/h4-12H,1-3H3,(H2,22,23,24,25,26). The Morgan fingerprint density at radius 2 is 1.55 bits per heavy atom. The third kappa shape index (κ3) is 5.52. The summed E-state index contributed by atoms with van der Waals surface area (Å²) in [6.45, 7) is 5.52. The number of aromatic nitrogens is 2. The summed E-state index contributed by atoms with van der Waals surface area (Å²) in [6.07, 6.45) is 0. The molecule has 0 saturated carbocycles. The largest absolute Gasteiger partial charge is 0.324 e. The lowest BCUT2D eigenvalue weighted by Crippen LogP contribution is -2.25. The Bertz CT molecular complexity index is 1140. The van der Waals surface area contributed by atoms with Gasteiger partial charge in [0.25, 0.3) is 10.0 Å². The van der Waals surface area contributed by atoms with Crippen molar-refractivity contribution in [2.24, 2.45) is 4.40 Å². The molecule has 0 bridgehead atoms. The van der Waals surface area contributed by atoms with Crippen LogP contribution in [0.15, 0.2) is 63.9 Å². The first-order chi connectivity index (χ1) is 13.7. The molecule has 1 aromatic heterocycles. The zero-order valence-electron chi connectivity index (χ0n) is 16.1. The van der Waals surface area contributed by atoms with Gasteiger partial charge in [-0.2, -0.15) is 8.42 Å². The molecule has 7 nitrogen and oxygen atoms in total. The van der Waals surface area contributed by atoms with Crippen LogP contribution in [0, 0.1) is 20.8 Å². The molecule has 1 heterocycles. The Labute approximate surface area is 175 Å². The number of hydrogen-bond donors (Lipinski definition) is 2.